The van der Waals surface area contributed by atoms with Crippen molar-refractivity contribution in [1.29, 1.82) is 0 Å². The third-order valence-electron chi connectivity index (χ3n) is 12.0. The fourth-order valence-electron chi connectivity index (χ4n) is 8.64. The minimum absolute atomic E-state index is 0.0478. The highest BCUT2D eigenvalue weighted by Gasteiger charge is 2.27. The van der Waals surface area contributed by atoms with E-state index in [1.165, 1.54) is 11.1 Å². The summed E-state index contributed by atoms with van der Waals surface area (Å²) < 4.78 is 2.33. The summed E-state index contributed by atoms with van der Waals surface area (Å²) in [6, 6.07) is 52.0. The van der Waals surface area contributed by atoms with Crippen molar-refractivity contribution in [3.8, 4) is 56.2 Å². The molecule has 0 bridgehead atoms. The minimum Gasteiger partial charge on any atom is -0.507 e. The molecule has 0 fully saturated rings. The average molecular weight is 784 g/mol. The van der Waals surface area contributed by atoms with Crippen LogP contribution in [0, 0.1) is 0 Å². The number of rotatable bonds is 5. The summed E-state index contributed by atoms with van der Waals surface area (Å²) in [5.41, 5.74) is 13.9. The van der Waals surface area contributed by atoms with Gasteiger partial charge < -0.3 is 5.11 Å². The van der Waals surface area contributed by atoms with Crippen molar-refractivity contribution in [3.63, 3.8) is 0 Å². The van der Waals surface area contributed by atoms with Gasteiger partial charge in [0.2, 0.25) is 0 Å². The maximum Gasteiger partial charge on any atom is 0.145 e. The number of aromatic hydroxyl groups is 1. The zero-order valence-electron chi connectivity index (χ0n) is 36.2. The van der Waals surface area contributed by atoms with Gasteiger partial charge in [0.25, 0.3) is 0 Å². The number of benzene rings is 7. The highest BCUT2D eigenvalue weighted by atomic mass is 16.3. The van der Waals surface area contributed by atoms with Gasteiger partial charge in [0, 0.05) is 45.0 Å². The Morgan fingerprint density at radius 3 is 1.90 bits per heavy atom. The van der Waals surface area contributed by atoms with Gasteiger partial charge in [0.15, 0.2) is 0 Å². The predicted octanol–water partition coefficient (Wildman–Crippen LogP) is 15.0. The number of imidazole rings is 1. The molecule has 4 heteroatoms. The molecule has 0 saturated carbocycles. The Morgan fingerprint density at radius 1 is 0.483 bits per heavy atom. The summed E-state index contributed by atoms with van der Waals surface area (Å²) in [7, 11) is 0. The molecule has 0 radical (unpaired) electrons. The number of nitrogens with zero attached hydrogens (tertiary/aromatic N) is 3. The lowest BCUT2D eigenvalue weighted by molar-refractivity contribution is 0.449. The van der Waals surface area contributed by atoms with Crippen LogP contribution in [-0.2, 0) is 16.2 Å². The summed E-state index contributed by atoms with van der Waals surface area (Å²) >= 11 is 0. The van der Waals surface area contributed by atoms with E-state index in [0.717, 1.165) is 88.7 Å². The highest BCUT2D eigenvalue weighted by Crippen LogP contribution is 2.47. The fraction of sp³-hybridized carbons (Fsp3) is 0.214. The summed E-state index contributed by atoms with van der Waals surface area (Å²) in [6.07, 6.45) is 1.88. The van der Waals surface area contributed by atoms with Gasteiger partial charge in [-0.15, -0.1) is 0 Å². The van der Waals surface area contributed by atoms with Crippen LogP contribution in [0.4, 0.5) is 0 Å². The first-order valence-corrected chi connectivity index (χ1v) is 21.1. The smallest absolute Gasteiger partial charge is 0.145 e. The zero-order valence-corrected chi connectivity index (χ0v) is 36.2. The molecule has 1 N–H and O–H groups in total. The molecule has 0 unspecified atom stereocenters. The quantitative estimate of drug-likeness (QED) is 0.189. The summed E-state index contributed by atoms with van der Waals surface area (Å²) in [6.45, 7) is 20.1. The average Bonchev–Trinajstić information content (AvgIpc) is 3.62. The SMILES string of the molecule is CC(C)(C)c1ccc(-n2c(-c3cccc(-c4cc(C(C)(C)C)cc5cccnc45)c3)nc3c(-c4c(O)c(C(C)(C)C)cc5ccccc45)cccc32)c(-c2ccccc2)c1. The van der Waals surface area contributed by atoms with Gasteiger partial charge >= 0.3 is 0 Å². The maximum absolute atomic E-state index is 12.3. The topological polar surface area (TPSA) is 50.9 Å². The molecule has 0 aliphatic rings. The summed E-state index contributed by atoms with van der Waals surface area (Å²) in [5, 5.41) is 15.5. The molecule has 9 rings (SSSR count). The lowest BCUT2D eigenvalue weighted by Gasteiger charge is -2.24. The number of phenolic OH excluding ortho intramolecular Hbond substituents is 1. The van der Waals surface area contributed by atoms with E-state index in [1.54, 1.807) is 0 Å². The fourth-order valence-corrected chi connectivity index (χ4v) is 8.64. The molecule has 0 atom stereocenters. The Balaban J connectivity index is 1.38. The van der Waals surface area contributed by atoms with Crippen molar-refractivity contribution in [2.45, 2.75) is 78.6 Å². The number of hydrogen-bond acceptors (Lipinski definition) is 3. The van der Waals surface area contributed by atoms with Crippen LogP contribution >= 0.6 is 0 Å². The molecule has 2 heterocycles. The Kier molecular flexibility index (Phi) is 9.31. The second-order valence-corrected chi connectivity index (χ2v) is 19.3. The Labute approximate surface area is 354 Å². The number of para-hydroxylation sites is 1. The second kappa shape index (κ2) is 14.3. The second-order valence-electron chi connectivity index (χ2n) is 19.3. The molecule has 0 amide bonds. The Hall–Kier alpha value is -6.52. The zero-order chi connectivity index (χ0) is 42.1. The molecule has 0 spiro atoms. The summed E-state index contributed by atoms with van der Waals surface area (Å²) in [5.74, 6) is 1.12. The first kappa shape index (κ1) is 39.0. The van der Waals surface area contributed by atoms with Gasteiger partial charge in [-0.05, 0) is 97.8 Å². The number of hydrogen-bond donors (Lipinski definition) is 1. The van der Waals surface area contributed by atoms with Crippen LogP contribution in [0.3, 0.4) is 0 Å². The van der Waals surface area contributed by atoms with Crippen molar-refractivity contribution < 1.29 is 5.11 Å². The van der Waals surface area contributed by atoms with Crippen LogP contribution in [0.5, 0.6) is 5.75 Å². The van der Waals surface area contributed by atoms with Crippen LogP contribution in [0.15, 0.2) is 152 Å². The maximum atomic E-state index is 12.3. The molecule has 0 aliphatic heterocycles. The van der Waals surface area contributed by atoms with Crippen molar-refractivity contribution in [2.24, 2.45) is 0 Å². The monoisotopic (exact) mass is 783 g/mol. The molecule has 298 valence electrons. The number of aromatic nitrogens is 3. The van der Waals surface area contributed by atoms with E-state index in [-0.39, 0.29) is 16.2 Å². The first-order chi connectivity index (χ1) is 28.6. The van der Waals surface area contributed by atoms with Crippen LogP contribution in [0.1, 0.15) is 79.0 Å². The van der Waals surface area contributed by atoms with Gasteiger partial charge in [-0.1, -0.05) is 159 Å². The first-order valence-electron chi connectivity index (χ1n) is 21.1. The van der Waals surface area contributed by atoms with Crippen molar-refractivity contribution in [2.75, 3.05) is 0 Å². The number of phenols is 1. The molecule has 9 aromatic rings. The summed E-state index contributed by atoms with van der Waals surface area (Å²) in [4.78, 5) is 10.6. The molecule has 0 aliphatic carbocycles. The van der Waals surface area contributed by atoms with E-state index < -0.39 is 0 Å². The van der Waals surface area contributed by atoms with E-state index in [0.29, 0.717) is 5.75 Å². The van der Waals surface area contributed by atoms with E-state index in [2.05, 4.69) is 200 Å². The lowest BCUT2D eigenvalue weighted by atomic mass is 9.82. The molecule has 2 aromatic heterocycles. The van der Waals surface area contributed by atoms with Gasteiger partial charge in [-0.2, -0.15) is 0 Å². The normalized spacial score (nSPS) is 12.5. The number of fused-ring (bicyclic) bond motifs is 3. The third kappa shape index (κ3) is 6.84. The number of pyridine rings is 1. The Bertz CT molecular complexity index is 3100. The van der Waals surface area contributed by atoms with Gasteiger partial charge in [0.05, 0.1) is 22.2 Å². The van der Waals surface area contributed by atoms with Crippen LogP contribution < -0.4 is 0 Å². The van der Waals surface area contributed by atoms with Gasteiger partial charge in [0.1, 0.15) is 11.6 Å². The highest BCUT2D eigenvalue weighted by molar-refractivity contribution is 6.08. The third-order valence-corrected chi connectivity index (χ3v) is 12.0. The largest absolute Gasteiger partial charge is 0.507 e. The van der Waals surface area contributed by atoms with Gasteiger partial charge in [-0.25, -0.2) is 4.98 Å². The molecule has 7 aromatic carbocycles. The van der Waals surface area contributed by atoms with Crippen molar-refractivity contribution >= 4 is 32.7 Å². The molecule has 4 nitrogen and oxygen atoms in total. The van der Waals surface area contributed by atoms with E-state index in [1.807, 2.05) is 18.3 Å². The molecular weight excluding hydrogens is 731 g/mol. The standard InChI is InChI=1S/C56H53N3O/c1-54(2,3)40-27-28-47(44(33-40)35-18-11-10-12-19-35)59-48-26-16-25-43(49-42-24-14-13-20-37(42)32-46(52(49)60)56(7,8)9)51(48)58-53(59)39-22-15-21-36(30-39)45-34-41(55(4,5)6)31-38-23-17-29-57-50(38)45/h10-34,60H,1-9H3. The van der Waals surface area contributed by atoms with Crippen LogP contribution in [0.25, 0.3) is 83.2 Å². The van der Waals surface area contributed by atoms with E-state index >= 15 is 0 Å². The van der Waals surface area contributed by atoms with E-state index in [9.17, 15) is 5.11 Å². The Morgan fingerprint density at radius 2 is 1.15 bits per heavy atom. The lowest BCUT2D eigenvalue weighted by Crippen LogP contribution is -2.12. The van der Waals surface area contributed by atoms with Crippen molar-refractivity contribution in [1.82, 2.24) is 14.5 Å². The predicted molar refractivity (Wildman–Crippen MR) is 253 cm³/mol. The van der Waals surface area contributed by atoms with Crippen LogP contribution in [0.2, 0.25) is 0 Å². The minimum atomic E-state index is -0.287. The van der Waals surface area contributed by atoms with Gasteiger partial charge in [-0.3, -0.25) is 9.55 Å². The molecule has 0 saturated heterocycles. The van der Waals surface area contributed by atoms with E-state index in [4.69, 9.17) is 9.97 Å². The van der Waals surface area contributed by atoms with Crippen LogP contribution in [-0.4, -0.2) is 19.6 Å². The molecule has 60 heavy (non-hydrogen) atoms. The molecular formula is C56H53N3O. The van der Waals surface area contributed by atoms with Crippen molar-refractivity contribution in [3.05, 3.63) is 168 Å².